The Labute approximate surface area is 96.4 Å². The molecule has 0 aromatic carbocycles. The lowest BCUT2D eigenvalue weighted by atomic mass is 10.2. The van der Waals surface area contributed by atoms with E-state index >= 15 is 0 Å². The van der Waals surface area contributed by atoms with E-state index in [1.54, 1.807) is 6.26 Å². The summed E-state index contributed by atoms with van der Waals surface area (Å²) in [6, 6.07) is 3.89. The molecular formula is C12H20N2O2. The summed E-state index contributed by atoms with van der Waals surface area (Å²) < 4.78 is 5.22. The van der Waals surface area contributed by atoms with E-state index in [9.17, 15) is 4.79 Å². The van der Waals surface area contributed by atoms with Crippen molar-refractivity contribution < 1.29 is 9.21 Å². The van der Waals surface area contributed by atoms with E-state index in [0.717, 1.165) is 25.3 Å². The van der Waals surface area contributed by atoms with E-state index in [0.29, 0.717) is 6.42 Å². The van der Waals surface area contributed by atoms with Crippen LogP contribution in [-0.2, 0) is 11.2 Å². The first-order valence-corrected chi connectivity index (χ1v) is 5.74. The number of hydrogen-bond acceptors (Lipinski definition) is 3. The van der Waals surface area contributed by atoms with Crippen molar-refractivity contribution in [1.29, 1.82) is 0 Å². The number of furan rings is 1. The summed E-state index contributed by atoms with van der Waals surface area (Å²) in [4.78, 5) is 11.5. The first kappa shape index (κ1) is 12.8. The molecule has 0 aliphatic rings. The number of nitrogens with one attached hydrogen (secondary N) is 2. The highest BCUT2D eigenvalue weighted by atomic mass is 16.3. The second-order valence-electron chi connectivity index (χ2n) is 3.86. The van der Waals surface area contributed by atoms with Crippen LogP contribution in [0, 0.1) is 0 Å². The summed E-state index contributed by atoms with van der Waals surface area (Å²) >= 11 is 0. The van der Waals surface area contributed by atoms with Gasteiger partial charge in [-0.2, -0.15) is 0 Å². The molecule has 2 N–H and O–H groups in total. The van der Waals surface area contributed by atoms with Crippen LogP contribution in [0.4, 0.5) is 0 Å². The Kier molecular flexibility index (Phi) is 5.64. The zero-order valence-corrected chi connectivity index (χ0v) is 9.95. The first-order chi connectivity index (χ1) is 7.72. The zero-order valence-electron chi connectivity index (χ0n) is 9.95. The van der Waals surface area contributed by atoms with Gasteiger partial charge in [-0.15, -0.1) is 0 Å². The molecule has 1 aromatic rings. The van der Waals surface area contributed by atoms with Crippen molar-refractivity contribution in [3.05, 3.63) is 24.2 Å². The first-order valence-electron chi connectivity index (χ1n) is 5.74. The lowest BCUT2D eigenvalue weighted by Gasteiger charge is -2.12. The van der Waals surface area contributed by atoms with Gasteiger partial charge in [0.15, 0.2) is 0 Å². The summed E-state index contributed by atoms with van der Waals surface area (Å²) in [6.07, 6.45) is 2.91. The van der Waals surface area contributed by atoms with Gasteiger partial charge in [0.2, 0.25) is 5.91 Å². The summed E-state index contributed by atoms with van der Waals surface area (Å²) in [5.74, 6) is 0.986. The predicted octanol–water partition coefficient (Wildman–Crippen LogP) is 1.33. The molecule has 1 unspecified atom stereocenters. The summed E-state index contributed by atoms with van der Waals surface area (Å²) in [7, 11) is 0. The summed E-state index contributed by atoms with van der Waals surface area (Å²) in [5.41, 5.74) is 0. The van der Waals surface area contributed by atoms with Gasteiger partial charge in [0.1, 0.15) is 5.76 Å². The van der Waals surface area contributed by atoms with Crippen molar-refractivity contribution >= 4 is 5.91 Å². The zero-order chi connectivity index (χ0) is 11.8. The maximum Gasteiger partial charge on any atom is 0.221 e. The highest BCUT2D eigenvalue weighted by Crippen LogP contribution is 2.03. The molecule has 0 saturated carbocycles. The van der Waals surface area contributed by atoms with E-state index in [-0.39, 0.29) is 11.9 Å². The van der Waals surface area contributed by atoms with Crippen LogP contribution in [0.5, 0.6) is 0 Å². The van der Waals surface area contributed by atoms with Crippen LogP contribution in [0.3, 0.4) is 0 Å². The molecule has 4 heteroatoms. The van der Waals surface area contributed by atoms with Gasteiger partial charge in [0, 0.05) is 25.4 Å². The van der Waals surface area contributed by atoms with E-state index in [1.807, 2.05) is 26.0 Å². The van der Waals surface area contributed by atoms with Gasteiger partial charge in [-0.05, 0) is 25.6 Å². The molecule has 0 radical (unpaired) electrons. The van der Waals surface area contributed by atoms with Crippen molar-refractivity contribution in [3.63, 3.8) is 0 Å². The van der Waals surface area contributed by atoms with Crippen molar-refractivity contribution in [2.45, 2.75) is 32.7 Å². The van der Waals surface area contributed by atoms with Crippen molar-refractivity contribution in [2.24, 2.45) is 0 Å². The third-order valence-corrected chi connectivity index (χ3v) is 2.27. The van der Waals surface area contributed by atoms with Gasteiger partial charge in [-0.25, -0.2) is 0 Å². The minimum absolute atomic E-state index is 0.0833. The molecule has 1 amide bonds. The number of amides is 1. The molecule has 0 aliphatic heterocycles. The lowest BCUT2D eigenvalue weighted by molar-refractivity contribution is -0.121. The van der Waals surface area contributed by atoms with Crippen molar-refractivity contribution in [1.82, 2.24) is 10.6 Å². The fourth-order valence-electron chi connectivity index (χ4n) is 1.51. The number of rotatable bonds is 7. The van der Waals surface area contributed by atoms with Gasteiger partial charge in [-0.3, -0.25) is 4.79 Å². The molecule has 0 bridgehead atoms. The van der Waals surface area contributed by atoms with E-state index < -0.39 is 0 Å². The van der Waals surface area contributed by atoms with Gasteiger partial charge in [-0.1, -0.05) is 6.92 Å². The minimum atomic E-state index is 0.0833. The van der Waals surface area contributed by atoms with Crippen LogP contribution in [0.25, 0.3) is 0 Å². The van der Waals surface area contributed by atoms with Gasteiger partial charge >= 0.3 is 0 Å². The summed E-state index contributed by atoms with van der Waals surface area (Å²) in [6.45, 7) is 5.64. The van der Waals surface area contributed by atoms with Crippen molar-refractivity contribution in [3.8, 4) is 0 Å². The fraction of sp³-hybridized carbons (Fsp3) is 0.583. The fourth-order valence-corrected chi connectivity index (χ4v) is 1.51. The monoisotopic (exact) mass is 224 g/mol. The Morgan fingerprint density at radius 2 is 2.38 bits per heavy atom. The quantitative estimate of drug-likeness (QED) is 0.687. The minimum Gasteiger partial charge on any atom is -0.469 e. The van der Waals surface area contributed by atoms with Gasteiger partial charge in [0.05, 0.1) is 6.26 Å². The largest absolute Gasteiger partial charge is 0.469 e. The lowest BCUT2D eigenvalue weighted by Crippen LogP contribution is -2.35. The van der Waals surface area contributed by atoms with E-state index in [4.69, 9.17) is 4.42 Å². The smallest absolute Gasteiger partial charge is 0.221 e. The molecule has 1 heterocycles. The maximum absolute atomic E-state index is 11.5. The van der Waals surface area contributed by atoms with Gasteiger partial charge in [0.25, 0.3) is 0 Å². The van der Waals surface area contributed by atoms with Gasteiger partial charge < -0.3 is 15.1 Å². The molecule has 1 atom stereocenters. The normalized spacial score (nSPS) is 12.4. The van der Waals surface area contributed by atoms with E-state index in [2.05, 4.69) is 10.6 Å². The number of hydrogen-bond donors (Lipinski definition) is 2. The molecule has 16 heavy (non-hydrogen) atoms. The Morgan fingerprint density at radius 1 is 1.56 bits per heavy atom. The van der Waals surface area contributed by atoms with Crippen molar-refractivity contribution in [2.75, 3.05) is 13.1 Å². The van der Waals surface area contributed by atoms with Crippen LogP contribution in [0.2, 0.25) is 0 Å². The third kappa shape index (κ3) is 4.98. The van der Waals surface area contributed by atoms with Crippen LogP contribution >= 0.6 is 0 Å². The molecule has 0 saturated heterocycles. The highest BCUT2D eigenvalue weighted by Gasteiger charge is 2.08. The maximum atomic E-state index is 11.5. The standard InChI is InChI=1S/C12H20N2O2/c1-3-13-7-6-12(15)14-10(2)9-11-5-4-8-16-11/h4-5,8,10,13H,3,6-7,9H2,1-2H3,(H,14,15). The molecule has 4 nitrogen and oxygen atoms in total. The molecule has 0 aliphatic carbocycles. The third-order valence-electron chi connectivity index (χ3n) is 2.27. The van der Waals surface area contributed by atoms with Crippen LogP contribution < -0.4 is 10.6 Å². The molecule has 0 spiro atoms. The second-order valence-corrected chi connectivity index (χ2v) is 3.86. The van der Waals surface area contributed by atoms with Crippen LogP contribution in [-0.4, -0.2) is 25.0 Å². The molecule has 90 valence electrons. The molecule has 0 fully saturated rings. The Hall–Kier alpha value is -1.29. The Morgan fingerprint density at radius 3 is 3.00 bits per heavy atom. The van der Waals surface area contributed by atoms with Crippen LogP contribution in [0.1, 0.15) is 26.0 Å². The Bertz CT molecular complexity index is 296. The second kappa shape index (κ2) is 7.06. The molecular weight excluding hydrogens is 204 g/mol. The predicted molar refractivity (Wildman–Crippen MR) is 63.2 cm³/mol. The molecule has 1 aromatic heterocycles. The number of carbonyl (C=O) groups excluding carboxylic acids is 1. The highest BCUT2D eigenvalue weighted by molar-refractivity contribution is 5.76. The SMILES string of the molecule is CCNCCC(=O)NC(C)Cc1ccco1. The topological polar surface area (TPSA) is 54.3 Å². The molecule has 1 rings (SSSR count). The van der Waals surface area contributed by atoms with E-state index in [1.165, 1.54) is 0 Å². The van der Waals surface area contributed by atoms with Crippen LogP contribution in [0.15, 0.2) is 22.8 Å². The Balaban J connectivity index is 2.18. The average Bonchev–Trinajstić information content (AvgIpc) is 2.70. The summed E-state index contributed by atoms with van der Waals surface area (Å²) in [5, 5.41) is 6.06. The number of carbonyl (C=O) groups is 1. The average molecular weight is 224 g/mol.